The largest absolute Gasteiger partial charge is 0.368 e. The number of sulfonamides is 1. The molecule has 2 aromatic carbocycles. The van der Waals surface area contributed by atoms with Gasteiger partial charge in [-0.05, 0) is 62.6 Å². The minimum absolute atomic E-state index is 0.0454. The molecule has 2 atom stereocenters. The second-order valence-corrected chi connectivity index (χ2v) is 10.0. The number of likely N-dealkylation sites (N-methyl/N-ethyl adjacent to an activating group) is 1. The van der Waals surface area contributed by atoms with Crippen molar-refractivity contribution in [1.82, 2.24) is 9.78 Å². The molecule has 0 amide bonds. The van der Waals surface area contributed by atoms with Crippen LogP contribution in [0.3, 0.4) is 0 Å². The van der Waals surface area contributed by atoms with Gasteiger partial charge in [-0.3, -0.25) is 8.99 Å². The van der Waals surface area contributed by atoms with Gasteiger partial charge in [0.1, 0.15) is 0 Å². The van der Waals surface area contributed by atoms with E-state index in [0.717, 1.165) is 33.6 Å². The van der Waals surface area contributed by atoms with Gasteiger partial charge in [0.05, 0.1) is 28.5 Å². The fourth-order valence-corrected chi connectivity index (χ4v) is 6.30. The van der Waals surface area contributed by atoms with Crippen LogP contribution < -0.4 is 9.21 Å². The predicted octanol–water partition coefficient (Wildman–Crippen LogP) is 4.13. The summed E-state index contributed by atoms with van der Waals surface area (Å²) in [5.41, 5.74) is 5.30. The van der Waals surface area contributed by atoms with Crippen molar-refractivity contribution >= 4 is 21.4 Å². The van der Waals surface area contributed by atoms with Gasteiger partial charge in [0.2, 0.25) is 0 Å². The quantitative estimate of drug-likeness (QED) is 0.634. The van der Waals surface area contributed by atoms with Crippen LogP contribution in [0.25, 0.3) is 11.1 Å². The van der Waals surface area contributed by atoms with Crippen molar-refractivity contribution in [2.75, 3.05) is 16.3 Å². The van der Waals surface area contributed by atoms with Gasteiger partial charge in [-0.15, -0.1) is 0 Å². The van der Waals surface area contributed by atoms with Crippen LogP contribution in [0.2, 0.25) is 0 Å². The van der Waals surface area contributed by atoms with E-state index in [2.05, 4.69) is 16.9 Å². The molecule has 0 unspecified atom stereocenters. The first-order valence-corrected chi connectivity index (χ1v) is 11.5. The summed E-state index contributed by atoms with van der Waals surface area (Å²) >= 11 is 0. The Balaban J connectivity index is 1.85. The molecule has 0 radical (unpaired) electrons. The SMILES string of the molecule is Cc1cc(-c2cnn(C)c2)ccc1S(=O)(=O)N1c2c(C)cccc2N(C)[C@@H](C)[C@@H]1C. The Bertz CT molecular complexity index is 1220. The third-order valence-corrected chi connectivity index (χ3v) is 8.29. The topological polar surface area (TPSA) is 58.4 Å². The summed E-state index contributed by atoms with van der Waals surface area (Å²) in [4.78, 5) is 2.50. The van der Waals surface area contributed by atoms with Crippen molar-refractivity contribution in [3.8, 4) is 11.1 Å². The molecule has 4 rings (SSSR count). The summed E-state index contributed by atoms with van der Waals surface area (Å²) in [5.74, 6) is 0. The van der Waals surface area contributed by atoms with E-state index < -0.39 is 10.0 Å². The van der Waals surface area contributed by atoms with Crippen LogP contribution in [-0.4, -0.2) is 37.3 Å². The van der Waals surface area contributed by atoms with Crippen molar-refractivity contribution in [3.05, 3.63) is 59.9 Å². The maximum atomic E-state index is 13.9. The summed E-state index contributed by atoms with van der Waals surface area (Å²) in [6, 6.07) is 11.3. The number of benzene rings is 2. The molecule has 0 N–H and O–H groups in total. The first kappa shape index (κ1) is 20.5. The molecule has 1 aromatic heterocycles. The van der Waals surface area contributed by atoms with Crippen LogP contribution >= 0.6 is 0 Å². The standard InChI is InChI=1S/C23H28N4O2S/c1-15-8-7-9-21-23(15)27(18(4)17(3)26(21)6)30(28,29)22-11-10-19(12-16(22)2)20-13-24-25(5)14-20/h7-14,17-18H,1-6H3/t17-,18-/m0/s1. The highest BCUT2D eigenvalue weighted by molar-refractivity contribution is 7.93. The summed E-state index contributed by atoms with van der Waals surface area (Å²) < 4.78 is 31.2. The van der Waals surface area contributed by atoms with E-state index in [9.17, 15) is 8.42 Å². The first-order chi connectivity index (χ1) is 14.1. The van der Waals surface area contributed by atoms with Gasteiger partial charge in [0, 0.05) is 31.9 Å². The first-order valence-electron chi connectivity index (χ1n) is 10.1. The zero-order valence-electron chi connectivity index (χ0n) is 18.3. The zero-order chi connectivity index (χ0) is 21.8. The Morgan fingerprint density at radius 2 is 1.67 bits per heavy atom. The highest BCUT2D eigenvalue weighted by atomic mass is 32.2. The minimum Gasteiger partial charge on any atom is -0.368 e. The van der Waals surface area contributed by atoms with E-state index in [0.29, 0.717) is 4.90 Å². The molecule has 0 spiro atoms. The summed E-state index contributed by atoms with van der Waals surface area (Å²) in [6.07, 6.45) is 3.71. The lowest BCUT2D eigenvalue weighted by atomic mass is 10.0. The summed E-state index contributed by atoms with van der Waals surface area (Å²) in [6.45, 7) is 7.87. The smallest absolute Gasteiger partial charge is 0.264 e. The molecule has 7 heteroatoms. The number of aryl methyl sites for hydroxylation is 3. The van der Waals surface area contributed by atoms with Gasteiger partial charge >= 0.3 is 0 Å². The molecule has 6 nitrogen and oxygen atoms in total. The Labute approximate surface area is 178 Å². The third-order valence-electron chi connectivity index (χ3n) is 6.25. The molecular formula is C23H28N4O2S. The van der Waals surface area contributed by atoms with Gasteiger partial charge in [-0.2, -0.15) is 5.10 Å². The van der Waals surface area contributed by atoms with E-state index in [1.807, 2.05) is 71.4 Å². The molecule has 0 saturated heterocycles. The van der Waals surface area contributed by atoms with Gasteiger partial charge in [-0.1, -0.05) is 18.2 Å². The van der Waals surface area contributed by atoms with Gasteiger partial charge in [0.15, 0.2) is 0 Å². The average molecular weight is 425 g/mol. The monoisotopic (exact) mass is 424 g/mol. The zero-order valence-corrected chi connectivity index (χ0v) is 19.1. The van der Waals surface area contributed by atoms with E-state index in [1.165, 1.54) is 0 Å². The Hall–Kier alpha value is -2.80. The Kier molecular flexibility index (Phi) is 4.89. The lowest BCUT2D eigenvalue weighted by Gasteiger charge is -2.46. The lowest BCUT2D eigenvalue weighted by Crippen LogP contribution is -2.54. The highest BCUT2D eigenvalue weighted by Gasteiger charge is 2.40. The Morgan fingerprint density at radius 1 is 0.933 bits per heavy atom. The number of hydrogen-bond donors (Lipinski definition) is 0. The molecule has 30 heavy (non-hydrogen) atoms. The average Bonchev–Trinajstić information content (AvgIpc) is 3.13. The molecular weight excluding hydrogens is 396 g/mol. The highest BCUT2D eigenvalue weighted by Crippen LogP contribution is 2.43. The fraction of sp³-hybridized carbons (Fsp3) is 0.348. The van der Waals surface area contributed by atoms with Crippen molar-refractivity contribution in [2.45, 2.75) is 44.7 Å². The van der Waals surface area contributed by atoms with E-state index in [-0.39, 0.29) is 12.1 Å². The third kappa shape index (κ3) is 3.08. The van der Waals surface area contributed by atoms with Gasteiger partial charge < -0.3 is 4.90 Å². The van der Waals surface area contributed by atoms with Crippen LogP contribution in [0, 0.1) is 13.8 Å². The molecule has 1 aliphatic heterocycles. The molecule has 158 valence electrons. The van der Waals surface area contributed by atoms with E-state index >= 15 is 0 Å². The van der Waals surface area contributed by atoms with Crippen LogP contribution in [-0.2, 0) is 17.1 Å². The van der Waals surface area contributed by atoms with Gasteiger partial charge in [0.25, 0.3) is 10.0 Å². The maximum absolute atomic E-state index is 13.9. The number of fused-ring (bicyclic) bond motifs is 1. The molecule has 3 aromatic rings. The molecule has 2 heterocycles. The summed E-state index contributed by atoms with van der Waals surface area (Å²) in [7, 11) is 0.149. The molecule has 0 fully saturated rings. The number of aromatic nitrogens is 2. The summed E-state index contributed by atoms with van der Waals surface area (Å²) in [5, 5.41) is 4.21. The number of hydrogen-bond acceptors (Lipinski definition) is 4. The minimum atomic E-state index is -3.74. The Morgan fingerprint density at radius 3 is 2.30 bits per heavy atom. The normalized spacial score (nSPS) is 19.1. The van der Waals surface area contributed by atoms with Gasteiger partial charge in [-0.25, -0.2) is 8.42 Å². The maximum Gasteiger partial charge on any atom is 0.264 e. The van der Waals surface area contributed by atoms with Crippen LogP contribution in [0.4, 0.5) is 11.4 Å². The second-order valence-electron chi connectivity index (χ2n) is 8.22. The van der Waals surface area contributed by atoms with Crippen LogP contribution in [0.1, 0.15) is 25.0 Å². The number of nitrogens with zero attached hydrogens (tertiary/aromatic N) is 4. The molecule has 1 aliphatic rings. The number of para-hydroxylation sites is 1. The predicted molar refractivity (Wildman–Crippen MR) is 122 cm³/mol. The van der Waals surface area contributed by atoms with Crippen molar-refractivity contribution < 1.29 is 8.42 Å². The number of rotatable bonds is 3. The molecule has 0 bridgehead atoms. The van der Waals surface area contributed by atoms with E-state index in [1.54, 1.807) is 21.3 Å². The molecule has 0 saturated carbocycles. The fourth-order valence-electron chi connectivity index (χ4n) is 4.29. The van der Waals surface area contributed by atoms with E-state index in [4.69, 9.17) is 0 Å². The van der Waals surface area contributed by atoms with Crippen LogP contribution in [0.15, 0.2) is 53.7 Å². The van der Waals surface area contributed by atoms with Crippen molar-refractivity contribution in [2.24, 2.45) is 7.05 Å². The van der Waals surface area contributed by atoms with Crippen molar-refractivity contribution in [3.63, 3.8) is 0 Å². The van der Waals surface area contributed by atoms with Crippen LogP contribution in [0.5, 0.6) is 0 Å². The van der Waals surface area contributed by atoms with Crippen molar-refractivity contribution in [1.29, 1.82) is 0 Å². The molecule has 0 aliphatic carbocycles. The second kappa shape index (κ2) is 7.16. The number of anilines is 2. The lowest BCUT2D eigenvalue weighted by molar-refractivity contribution is 0.528.